The Bertz CT molecular complexity index is 368. The van der Waals surface area contributed by atoms with E-state index in [2.05, 4.69) is 11.2 Å². The summed E-state index contributed by atoms with van der Waals surface area (Å²) in [7, 11) is 0. The second-order valence-corrected chi connectivity index (χ2v) is 3.48. The van der Waals surface area contributed by atoms with Crippen molar-refractivity contribution in [3.8, 4) is 23.8 Å². The van der Waals surface area contributed by atoms with Gasteiger partial charge in [-0.15, -0.1) is 12.3 Å². The van der Waals surface area contributed by atoms with Crippen LogP contribution >= 0.6 is 0 Å². The van der Waals surface area contributed by atoms with Gasteiger partial charge in [0.2, 0.25) is 0 Å². The van der Waals surface area contributed by atoms with Crippen LogP contribution < -0.4 is 5.32 Å². The normalized spacial score (nSPS) is 12.0. The molecular weight excluding hydrogens is 190 g/mol. The molecule has 1 atom stereocenters. The number of benzene rings is 1. The predicted molar refractivity (Wildman–Crippen MR) is 59.5 cm³/mol. The molecule has 0 aromatic heterocycles. The molecule has 0 bridgehead atoms. The van der Waals surface area contributed by atoms with Crippen LogP contribution in [0.5, 0.6) is 11.5 Å². The smallest absolute Gasteiger partial charge is 0.161 e. The average molecular weight is 205 g/mol. The summed E-state index contributed by atoms with van der Waals surface area (Å²) in [6, 6.07) is 5.09. The fraction of sp³-hybridized carbons (Fsp3) is 0.333. The van der Waals surface area contributed by atoms with Crippen LogP contribution in [-0.2, 0) is 6.54 Å². The summed E-state index contributed by atoms with van der Waals surface area (Å²) in [5.74, 6) is 2.39. The summed E-state index contributed by atoms with van der Waals surface area (Å²) in [4.78, 5) is 0. The lowest BCUT2D eigenvalue weighted by molar-refractivity contribution is 0.396. The van der Waals surface area contributed by atoms with Crippen molar-refractivity contribution in [3.05, 3.63) is 23.8 Å². The van der Waals surface area contributed by atoms with E-state index in [4.69, 9.17) is 6.42 Å². The molecular formula is C12H15NO2. The maximum absolute atomic E-state index is 9.51. The summed E-state index contributed by atoms with van der Waals surface area (Å²) >= 11 is 0. The van der Waals surface area contributed by atoms with E-state index >= 15 is 0 Å². The molecule has 0 spiro atoms. The lowest BCUT2D eigenvalue weighted by atomic mass is 10.1. The molecule has 1 aromatic carbocycles. The first-order valence-corrected chi connectivity index (χ1v) is 4.81. The number of terminal acetylenes is 1. The van der Waals surface area contributed by atoms with Gasteiger partial charge in [-0.1, -0.05) is 12.1 Å². The van der Waals surface area contributed by atoms with Crippen LogP contribution in [-0.4, -0.2) is 16.3 Å². The highest BCUT2D eigenvalue weighted by Crippen LogP contribution is 2.27. The minimum absolute atomic E-state index is 0.0714. The van der Waals surface area contributed by atoms with Crippen molar-refractivity contribution < 1.29 is 10.2 Å². The van der Waals surface area contributed by atoms with E-state index in [0.29, 0.717) is 18.5 Å². The van der Waals surface area contributed by atoms with Gasteiger partial charge < -0.3 is 15.5 Å². The van der Waals surface area contributed by atoms with Gasteiger partial charge in [0.05, 0.1) is 0 Å². The van der Waals surface area contributed by atoms with Gasteiger partial charge in [-0.2, -0.15) is 0 Å². The quantitative estimate of drug-likeness (QED) is 0.517. The van der Waals surface area contributed by atoms with Crippen LogP contribution in [0.2, 0.25) is 0 Å². The molecule has 3 N–H and O–H groups in total. The number of phenols is 2. The Balaban J connectivity index is 2.58. The predicted octanol–water partition coefficient (Wildman–Crippen LogP) is 1.60. The zero-order valence-corrected chi connectivity index (χ0v) is 8.70. The highest BCUT2D eigenvalue weighted by Gasteiger charge is 2.06. The maximum atomic E-state index is 9.51. The fourth-order valence-corrected chi connectivity index (χ4v) is 1.25. The first kappa shape index (κ1) is 11.4. The van der Waals surface area contributed by atoms with Gasteiger partial charge in [0.25, 0.3) is 0 Å². The van der Waals surface area contributed by atoms with Gasteiger partial charge in [-0.05, 0) is 13.0 Å². The van der Waals surface area contributed by atoms with E-state index in [-0.39, 0.29) is 17.5 Å². The highest BCUT2D eigenvalue weighted by atomic mass is 16.3. The summed E-state index contributed by atoms with van der Waals surface area (Å²) in [5, 5.41) is 21.9. The van der Waals surface area contributed by atoms with Gasteiger partial charge >= 0.3 is 0 Å². The zero-order chi connectivity index (χ0) is 11.3. The van der Waals surface area contributed by atoms with Crippen molar-refractivity contribution >= 4 is 0 Å². The SMILES string of the molecule is C#CCC(C)NCc1cccc(O)c1O. The average Bonchev–Trinajstić information content (AvgIpc) is 2.21. The van der Waals surface area contributed by atoms with Crippen molar-refractivity contribution in [2.45, 2.75) is 25.9 Å². The van der Waals surface area contributed by atoms with Crippen LogP contribution in [0.3, 0.4) is 0 Å². The van der Waals surface area contributed by atoms with Crippen molar-refractivity contribution in [3.63, 3.8) is 0 Å². The molecule has 15 heavy (non-hydrogen) atoms. The molecule has 3 nitrogen and oxygen atoms in total. The van der Waals surface area contributed by atoms with Gasteiger partial charge in [-0.25, -0.2) is 0 Å². The molecule has 0 fully saturated rings. The highest BCUT2D eigenvalue weighted by molar-refractivity contribution is 5.44. The van der Waals surface area contributed by atoms with Crippen molar-refractivity contribution in [2.24, 2.45) is 0 Å². The Kier molecular flexibility index (Phi) is 4.02. The lowest BCUT2D eigenvalue weighted by Crippen LogP contribution is -2.24. The second kappa shape index (κ2) is 5.28. The fourth-order valence-electron chi connectivity index (χ4n) is 1.25. The molecule has 3 heteroatoms. The zero-order valence-electron chi connectivity index (χ0n) is 8.70. The molecule has 0 radical (unpaired) electrons. The van der Waals surface area contributed by atoms with Crippen molar-refractivity contribution in [2.75, 3.05) is 0 Å². The van der Waals surface area contributed by atoms with Crippen LogP contribution in [0.15, 0.2) is 18.2 Å². The monoisotopic (exact) mass is 205 g/mol. The van der Waals surface area contributed by atoms with Crippen LogP contribution in [0.25, 0.3) is 0 Å². The Morgan fingerprint density at radius 2 is 2.20 bits per heavy atom. The molecule has 80 valence electrons. The number of phenolic OH excluding ortho intramolecular Hbond substituents is 2. The summed E-state index contributed by atoms with van der Waals surface area (Å²) < 4.78 is 0. The van der Waals surface area contributed by atoms with Crippen LogP contribution in [0.1, 0.15) is 18.9 Å². The Morgan fingerprint density at radius 1 is 1.47 bits per heavy atom. The van der Waals surface area contributed by atoms with E-state index in [9.17, 15) is 10.2 Å². The van der Waals surface area contributed by atoms with Crippen molar-refractivity contribution in [1.29, 1.82) is 0 Å². The minimum atomic E-state index is -0.0982. The summed E-state index contributed by atoms with van der Waals surface area (Å²) in [6.07, 6.45) is 5.81. The summed E-state index contributed by atoms with van der Waals surface area (Å²) in [6.45, 7) is 2.46. The number of nitrogens with one attached hydrogen (secondary N) is 1. The third kappa shape index (κ3) is 3.19. The molecule has 1 rings (SSSR count). The van der Waals surface area contributed by atoms with Crippen LogP contribution in [0.4, 0.5) is 0 Å². The first-order chi connectivity index (χ1) is 7.15. The van der Waals surface area contributed by atoms with Gasteiger partial charge in [-0.3, -0.25) is 0 Å². The molecule has 0 heterocycles. The Labute approximate surface area is 89.8 Å². The minimum Gasteiger partial charge on any atom is -0.504 e. The largest absolute Gasteiger partial charge is 0.504 e. The number of hydrogen-bond donors (Lipinski definition) is 3. The van der Waals surface area contributed by atoms with E-state index < -0.39 is 0 Å². The van der Waals surface area contributed by atoms with E-state index in [1.807, 2.05) is 6.92 Å². The van der Waals surface area contributed by atoms with Crippen molar-refractivity contribution in [1.82, 2.24) is 5.32 Å². The number of hydrogen-bond acceptors (Lipinski definition) is 3. The third-order valence-electron chi connectivity index (χ3n) is 2.16. The number of rotatable bonds is 4. The van der Waals surface area contributed by atoms with Gasteiger partial charge in [0, 0.05) is 24.6 Å². The lowest BCUT2D eigenvalue weighted by Gasteiger charge is -2.12. The van der Waals surface area contributed by atoms with Gasteiger partial charge in [0.15, 0.2) is 11.5 Å². The second-order valence-electron chi connectivity index (χ2n) is 3.48. The van der Waals surface area contributed by atoms with Gasteiger partial charge in [0.1, 0.15) is 0 Å². The molecule has 0 amide bonds. The van der Waals surface area contributed by atoms with Crippen LogP contribution in [0, 0.1) is 12.3 Å². The van der Waals surface area contributed by atoms with E-state index in [0.717, 1.165) is 0 Å². The van der Waals surface area contributed by atoms with E-state index in [1.165, 1.54) is 6.07 Å². The molecule has 0 saturated carbocycles. The molecule has 1 unspecified atom stereocenters. The molecule has 0 aliphatic rings. The standard InChI is InChI=1S/C12H15NO2/c1-3-5-9(2)13-8-10-6-4-7-11(14)12(10)15/h1,4,6-7,9,13-15H,5,8H2,2H3. The first-order valence-electron chi connectivity index (χ1n) is 4.81. The topological polar surface area (TPSA) is 52.5 Å². The maximum Gasteiger partial charge on any atom is 0.161 e. The Morgan fingerprint density at radius 3 is 2.87 bits per heavy atom. The molecule has 0 aliphatic heterocycles. The van der Waals surface area contributed by atoms with E-state index in [1.54, 1.807) is 12.1 Å². The number of aromatic hydroxyl groups is 2. The molecule has 0 aliphatic carbocycles. The summed E-state index contributed by atoms with van der Waals surface area (Å²) in [5.41, 5.74) is 0.666. The molecule has 0 saturated heterocycles. The molecule has 1 aromatic rings. The number of para-hydroxylation sites is 1. The Hall–Kier alpha value is -1.66. The third-order valence-corrected chi connectivity index (χ3v) is 2.16.